The van der Waals surface area contributed by atoms with E-state index >= 15 is 0 Å². The Balaban J connectivity index is 1.82. The SMILES string of the molecule is COc1ccccc1-n1c(SCc2c(F)cccc2Cl)nnc1-c1ccccc1Cl. The summed E-state index contributed by atoms with van der Waals surface area (Å²) in [6, 6.07) is 19.6. The molecule has 0 aliphatic heterocycles. The number of hydrogen-bond donors (Lipinski definition) is 0. The summed E-state index contributed by atoms with van der Waals surface area (Å²) in [5.41, 5.74) is 1.90. The average Bonchev–Trinajstić information content (AvgIpc) is 3.17. The van der Waals surface area contributed by atoms with E-state index in [1.165, 1.54) is 17.8 Å². The van der Waals surface area contributed by atoms with Crippen LogP contribution in [-0.4, -0.2) is 21.9 Å². The Kier molecular flexibility index (Phi) is 6.27. The number of benzene rings is 3. The quantitative estimate of drug-likeness (QED) is 0.301. The summed E-state index contributed by atoms with van der Waals surface area (Å²) >= 11 is 13.9. The zero-order valence-electron chi connectivity index (χ0n) is 15.8. The normalized spacial score (nSPS) is 10.9. The van der Waals surface area contributed by atoms with Crippen LogP contribution in [0.3, 0.4) is 0 Å². The van der Waals surface area contributed by atoms with Crippen molar-refractivity contribution in [3.05, 3.63) is 88.2 Å². The molecule has 152 valence electrons. The minimum absolute atomic E-state index is 0.293. The molecule has 0 radical (unpaired) electrons. The van der Waals surface area contributed by atoms with Crippen molar-refractivity contribution in [2.75, 3.05) is 7.11 Å². The minimum atomic E-state index is -0.357. The number of ether oxygens (including phenoxy) is 1. The lowest BCUT2D eigenvalue weighted by Gasteiger charge is -2.14. The van der Waals surface area contributed by atoms with Crippen LogP contribution in [-0.2, 0) is 5.75 Å². The van der Waals surface area contributed by atoms with Crippen LogP contribution in [0.15, 0.2) is 71.9 Å². The van der Waals surface area contributed by atoms with Gasteiger partial charge in [-0.1, -0.05) is 65.3 Å². The van der Waals surface area contributed by atoms with Crippen LogP contribution in [0.5, 0.6) is 5.75 Å². The highest BCUT2D eigenvalue weighted by molar-refractivity contribution is 7.98. The molecule has 4 nitrogen and oxygen atoms in total. The first kappa shape index (κ1) is 20.7. The summed E-state index contributed by atoms with van der Waals surface area (Å²) in [7, 11) is 1.60. The van der Waals surface area contributed by atoms with Crippen LogP contribution >= 0.6 is 35.0 Å². The van der Waals surface area contributed by atoms with Crippen LogP contribution in [0.2, 0.25) is 10.0 Å². The van der Waals surface area contributed by atoms with Gasteiger partial charge in [0.1, 0.15) is 11.6 Å². The second-order valence-electron chi connectivity index (χ2n) is 6.28. The number of thioether (sulfide) groups is 1. The predicted molar refractivity (Wildman–Crippen MR) is 119 cm³/mol. The monoisotopic (exact) mass is 459 g/mol. The van der Waals surface area contributed by atoms with Gasteiger partial charge < -0.3 is 4.74 Å². The highest BCUT2D eigenvalue weighted by atomic mass is 35.5. The van der Waals surface area contributed by atoms with Crippen LogP contribution in [0.1, 0.15) is 5.56 Å². The van der Waals surface area contributed by atoms with Gasteiger partial charge in [0, 0.05) is 21.9 Å². The van der Waals surface area contributed by atoms with Gasteiger partial charge in [0.15, 0.2) is 11.0 Å². The van der Waals surface area contributed by atoms with Gasteiger partial charge in [-0.25, -0.2) is 4.39 Å². The molecule has 8 heteroatoms. The summed E-state index contributed by atoms with van der Waals surface area (Å²) in [4.78, 5) is 0. The Bertz CT molecular complexity index is 1180. The van der Waals surface area contributed by atoms with Gasteiger partial charge in [-0.05, 0) is 36.4 Å². The van der Waals surface area contributed by atoms with E-state index in [-0.39, 0.29) is 5.82 Å². The predicted octanol–water partition coefficient (Wildman–Crippen LogP) is 6.68. The zero-order valence-corrected chi connectivity index (χ0v) is 18.2. The average molecular weight is 460 g/mol. The fourth-order valence-corrected chi connectivity index (χ4v) is 4.53. The van der Waals surface area contributed by atoms with E-state index in [1.54, 1.807) is 25.3 Å². The lowest BCUT2D eigenvalue weighted by Crippen LogP contribution is -2.03. The molecule has 4 aromatic rings. The van der Waals surface area contributed by atoms with Crippen molar-refractivity contribution < 1.29 is 9.13 Å². The summed E-state index contributed by atoms with van der Waals surface area (Å²) in [5.74, 6) is 1.15. The molecule has 0 bridgehead atoms. The standard InChI is InChI=1S/C22H16Cl2FN3OS/c1-29-20-12-5-4-11-19(20)28-21(14-7-2-3-8-16(14)23)26-27-22(28)30-13-15-17(24)9-6-10-18(15)25/h2-12H,13H2,1H3. The van der Waals surface area contributed by atoms with E-state index in [0.29, 0.717) is 38.1 Å². The Morgan fingerprint density at radius 3 is 2.43 bits per heavy atom. The third kappa shape index (κ3) is 4.03. The van der Waals surface area contributed by atoms with Crippen LogP contribution in [0.25, 0.3) is 17.1 Å². The second-order valence-corrected chi connectivity index (χ2v) is 8.04. The van der Waals surface area contributed by atoms with Gasteiger partial charge in [0.2, 0.25) is 0 Å². The maximum absolute atomic E-state index is 14.2. The summed E-state index contributed by atoms with van der Waals surface area (Å²) in [5, 5.41) is 10.2. The van der Waals surface area contributed by atoms with E-state index in [1.807, 2.05) is 47.0 Å². The molecule has 1 heterocycles. The van der Waals surface area contributed by atoms with Gasteiger partial charge in [-0.15, -0.1) is 10.2 Å². The third-order valence-electron chi connectivity index (χ3n) is 4.48. The molecular weight excluding hydrogens is 444 g/mol. The van der Waals surface area contributed by atoms with E-state index in [4.69, 9.17) is 27.9 Å². The fourth-order valence-electron chi connectivity index (χ4n) is 3.02. The topological polar surface area (TPSA) is 39.9 Å². The molecule has 1 aromatic heterocycles. The molecule has 0 aliphatic rings. The van der Waals surface area contributed by atoms with E-state index in [9.17, 15) is 4.39 Å². The molecule has 4 rings (SSSR count). The van der Waals surface area contributed by atoms with Gasteiger partial charge in [-0.3, -0.25) is 4.57 Å². The largest absolute Gasteiger partial charge is 0.495 e. The first-order valence-corrected chi connectivity index (χ1v) is 10.7. The molecule has 30 heavy (non-hydrogen) atoms. The molecule has 0 aliphatic carbocycles. The number of rotatable bonds is 6. The zero-order chi connectivity index (χ0) is 21.1. The molecule has 0 atom stereocenters. The molecular formula is C22H16Cl2FN3OS. The van der Waals surface area contributed by atoms with Crippen LogP contribution < -0.4 is 4.74 Å². The molecule has 0 fully saturated rings. The number of hydrogen-bond acceptors (Lipinski definition) is 4. The van der Waals surface area contributed by atoms with Crippen molar-refractivity contribution in [1.29, 1.82) is 0 Å². The number of methoxy groups -OCH3 is 1. The summed E-state index contributed by atoms with van der Waals surface area (Å²) in [6.07, 6.45) is 0. The lowest BCUT2D eigenvalue weighted by molar-refractivity contribution is 0.412. The van der Waals surface area contributed by atoms with Gasteiger partial charge in [0.05, 0.1) is 17.8 Å². The van der Waals surface area contributed by atoms with Crippen molar-refractivity contribution in [2.24, 2.45) is 0 Å². The highest BCUT2D eigenvalue weighted by Crippen LogP contribution is 2.36. The Labute approximate surface area is 187 Å². The highest BCUT2D eigenvalue weighted by Gasteiger charge is 2.21. The molecule has 0 saturated heterocycles. The van der Waals surface area contributed by atoms with Crippen molar-refractivity contribution >= 4 is 35.0 Å². The number of nitrogens with zero attached hydrogens (tertiary/aromatic N) is 3. The smallest absolute Gasteiger partial charge is 0.196 e. The molecule has 0 saturated carbocycles. The van der Waals surface area contributed by atoms with E-state index in [0.717, 1.165) is 11.3 Å². The number of aromatic nitrogens is 3. The van der Waals surface area contributed by atoms with Gasteiger partial charge in [-0.2, -0.15) is 0 Å². The fraction of sp³-hybridized carbons (Fsp3) is 0.0909. The van der Waals surface area contributed by atoms with Crippen LogP contribution in [0, 0.1) is 5.82 Å². The van der Waals surface area contributed by atoms with Crippen molar-refractivity contribution in [3.63, 3.8) is 0 Å². The number of para-hydroxylation sites is 2. The molecule has 3 aromatic carbocycles. The third-order valence-corrected chi connectivity index (χ3v) is 6.12. The minimum Gasteiger partial charge on any atom is -0.495 e. The molecule has 0 unspecified atom stereocenters. The first-order chi connectivity index (χ1) is 14.6. The lowest BCUT2D eigenvalue weighted by atomic mass is 10.2. The molecule has 0 spiro atoms. The first-order valence-electron chi connectivity index (χ1n) is 8.99. The molecule has 0 N–H and O–H groups in total. The van der Waals surface area contributed by atoms with Crippen molar-refractivity contribution in [1.82, 2.24) is 14.8 Å². The number of halogens is 3. The van der Waals surface area contributed by atoms with Gasteiger partial charge in [0.25, 0.3) is 0 Å². The molecule has 0 amide bonds. The van der Waals surface area contributed by atoms with E-state index < -0.39 is 0 Å². The maximum Gasteiger partial charge on any atom is 0.196 e. The van der Waals surface area contributed by atoms with E-state index in [2.05, 4.69) is 10.2 Å². The summed E-state index contributed by atoms with van der Waals surface area (Å²) < 4.78 is 21.6. The Hall–Kier alpha value is -2.54. The second kappa shape index (κ2) is 9.08. The Morgan fingerprint density at radius 1 is 0.933 bits per heavy atom. The van der Waals surface area contributed by atoms with Gasteiger partial charge >= 0.3 is 0 Å². The maximum atomic E-state index is 14.2. The van der Waals surface area contributed by atoms with Crippen molar-refractivity contribution in [2.45, 2.75) is 10.9 Å². The van der Waals surface area contributed by atoms with Crippen molar-refractivity contribution in [3.8, 4) is 22.8 Å². The Morgan fingerprint density at radius 2 is 1.67 bits per heavy atom. The van der Waals surface area contributed by atoms with Crippen LogP contribution in [0.4, 0.5) is 4.39 Å². The summed E-state index contributed by atoms with van der Waals surface area (Å²) in [6.45, 7) is 0.